The highest BCUT2D eigenvalue weighted by Crippen LogP contribution is 2.28. The molecule has 3 N–H and O–H groups in total. The van der Waals surface area contributed by atoms with Crippen molar-refractivity contribution in [3.05, 3.63) is 23.8 Å². The molecule has 0 heterocycles. The van der Waals surface area contributed by atoms with Gasteiger partial charge < -0.3 is 20.5 Å². The van der Waals surface area contributed by atoms with E-state index in [1.54, 1.807) is 14.2 Å². The fraction of sp³-hybridized carbons (Fsp3) is 0.429. The molecule has 1 atom stereocenters. The number of benzene rings is 1. The van der Waals surface area contributed by atoms with Crippen molar-refractivity contribution < 1.29 is 9.47 Å². The Morgan fingerprint density at radius 3 is 2.72 bits per heavy atom. The molecule has 0 saturated carbocycles. The first kappa shape index (κ1) is 14.4. The van der Waals surface area contributed by atoms with Gasteiger partial charge in [-0.05, 0) is 18.2 Å². The Hall–Kier alpha value is -1.70. The van der Waals surface area contributed by atoms with Gasteiger partial charge in [-0.15, -0.1) is 12.3 Å². The molecule has 0 saturated heterocycles. The monoisotopic (exact) mass is 248 g/mol. The SMILES string of the molecule is C#CCCNC(CN)c1cc(OC)ccc1OC. The molecule has 0 aliphatic heterocycles. The zero-order valence-electron chi connectivity index (χ0n) is 10.9. The first-order valence-corrected chi connectivity index (χ1v) is 5.85. The van der Waals surface area contributed by atoms with Crippen LogP contribution in [0.1, 0.15) is 18.0 Å². The molecule has 0 amide bonds. The van der Waals surface area contributed by atoms with Gasteiger partial charge in [0.25, 0.3) is 0 Å². The third kappa shape index (κ3) is 3.66. The van der Waals surface area contributed by atoms with Crippen molar-refractivity contribution in [2.24, 2.45) is 5.73 Å². The van der Waals surface area contributed by atoms with E-state index in [0.717, 1.165) is 23.6 Å². The number of hydrogen-bond donors (Lipinski definition) is 2. The molecule has 0 radical (unpaired) electrons. The summed E-state index contributed by atoms with van der Waals surface area (Å²) in [5.41, 5.74) is 6.77. The van der Waals surface area contributed by atoms with Gasteiger partial charge in [0.1, 0.15) is 11.5 Å². The van der Waals surface area contributed by atoms with Crippen molar-refractivity contribution in [3.8, 4) is 23.8 Å². The Morgan fingerprint density at radius 2 is 2.17 bits per heavy atom. The molecule has 1 aromatic rings. The van der Waals surface area contributed by atoms with Crippen LogP contribution in [0.5, 0.6) is 11.5 Å². The predicted molar refractivity (Wildman–Crippen MR) is 72.8 cm³/mol. The number of terminal acetylenes is 1. The summed E-state index contributed by atoms with van der Waals surface area (Å²) in [7, 11) is 3.27. The van der Waals surface area contributed by atoms with E-state index in [2.05, 4.69) is 11.2 Å². The van der Waals surface area contributed by atoms with E-state index in [4.69, 9.17) is 21.6 Å². The van der Waals surface area contributed by atoms with Crippen molar-refractivity contribution in [3.63, 3.8) is 0 Å². The summed E-state index contributed by atoms with van der Waals surface area (Å²) < 4.78 is 10.6. The van der Waals surface area contributed by atoms with Gasteiger partial charge in [0.05, 0.1) is 14.2 Å². The molecule has 0 bridgehead atoms. The van der Waals surface area contributed by atoms with Crippen molar-refractivity contribution in [2.75, 3.05) is 27.3 Å². The van der Waals surface area contributed by atoms with Gasteiger partial charge in [-0.3, -0.25) is 0 Å². The molecule has 18 heavy (non-hydrogen) atoms. The van der Waals surface area contributed by atoms with Crippen LogP contribution >= 0.6 is 0 Å². The number of nitrogens with two attached hydrogens (primary N) is 1. The first-order chi connectivity index (χ1) is 8.76. The minimum absolute atomic E-state index is 0.00315. The Kier molecular flexibility index (Phi) is 6.06. The molecule has 1 unspecified atom stereocenters. The zero-order valence-corrected chi connectivity index (χ0v) is 10.9. The van der Waals surface area contributed by atoms with E-state index < -0.39 is 0 Å². The van der Waals surface area contributed by atoms with Crippen LogP contribution in [0.25, 0.3) is 0 Å². The molecule has 0 aliphatic rings. The van der Waals surface area contributed by atoms with Crippen LogP contribution in [-0.4, -0.2) is 27.3 Å². The number of methoxy groups -OCH3 is 2. The molecule has 4 nitrogen and oxygen atoms in total. The van der Waals surface area contributed by atoms with Crippen LogP contribution in [0.3, 0.4) is 0 Å². The largest absolute Gasteiger partial charge is 0.497 e. The second kappa shape index (κ2) is 7.59. The van der Waals surface area contributed by atoms with Gasteiger partial charge in [-0.2, -0.15) is 0 Å². The van der Waals surface area contributed by atoms with E-state index in [1.807, 2.05) is 18.2 Å². The van der Waals surface area contributed by atoms with E-state index in [0.29, 0.717) is 13.0 Å². The maximum Gasteiger partial charge on any atom is 0.123 e. The molecular formula is C14H20N2O2. The second-order valence-corrected chi connectivity index (χ2v) is 3.80. The second-order valence-electron chi connectivity index (χ2n) is 3.80. The maximum absolute atomic E-state index is 5.79. The van der Waals surface area contributed by atoms with Crippen LogP contribution in [0.15, 0.2) is 18.2 Å². The number of hydrogen-bond acceptors (Lipinski definition) is 4. The van der Waals surface area contributed by atoms with Crippen molar-refractivity contribution in [1.29, 1.82) is 0 Å². The summed E-state index contributed by atoms with van der Waals surface area (Å²) in [6, 6.07) is 5.67. The van der Waals surface area contributed by atoms with Gasteiger partial charge in [-0.1, -0.05) is 0 Å². The van der Waals surface area contributed by atoms with Crippen LogP contribution in [0.4, 0.5) is 0 Å². The average molecular weight is 248 g/mol. The molecule has 0 fully saturated rings. The minimum atomic E-state index is 0.00315. The quantitative estimate of drug-likeness (QED) is 0.564. The molecule has 1 rings (SSSR count). The topological polar surface area (TPSA) is 56.5 Å². The number of nitrogens with one attached hydrogen (secondary N) is 1. The van der Waals surface area contributed by atoms with Crippen molar-refractivity contribution in [2.45, 2.75) is 12.5 Å². The van der Waals surface area contributed by atoms with E-state index in [9.17, 15) is 0 Å². The lowest BCUT2D eigenvalue weighted by Gasteiger charge is -2.20. The summed E-state index contributed by atoms with van der Waals surface area (Å²) in [5.74, 6) is 4.16. The molecule has 0 spiro atoms. The van der Waals surface area contributed by atoms with Gasteiger partial charge in [0.15, 0.2) is 0 Å². The Morgan fingerprint density at radius 1 is 1.39 bits per heavy atom. The zero-order chi connectivity index (χ0) is 13.4. The van der Waals surface area contributed by atoms with E-state index in [-0.39, 0.29) is 6.04 Å². The molecular weight excluding hydrogens is 228 g/mol. The molecule has 1 aromatic carbocycles. The predicted octanol–water partition coefficient (Wildman–Crippen LogP) is 1.32. The lowest BCUT2D eigenvalue weighted by Crippen LogP contribution is -2.29. The number of ether oxygens (including phenoxy) is 2. The van der Waals surface area contributed by atoms with Gasteiger partial charge in [-0.25, -0.2) is 0 Å². The lowest BCUT2D eigenvalue weighted by atomic mass is 10.0. The summed E-state index contributed by atoms with van der Waals surface area (Å²) in [4.78, 5) is 0. The maximum atomic E-state index is 5.79. The molecule has 4 heteroatoms. The summed E-state index contributed by atoms with van der Waals surface area (Å²) in [5, 5.41) is 3.31. The standard InChI is InChI=1S/C14H20N2O2/c1-4-5-8-16-13(10-15)12-9-11(17-2)6-7-14(12)18-3/h1,6-7,9,13,16H,5,8,10,15H2,2-3H3. The van der Waals surface area contributed by atoms with Crippen molar-refractivity contribution in [1.82, 2.24) is 5.32 Å². The third-order valence-corrected chi connectivity index (χ3v) is 2.71. The molecule has 98 valence electrons. The normalized spacial score (nSPS) is 11.7. The van der Waals surface area contributed by atoms with Gasteiger partial charge >= 0.3 is 0 Å². The highest BCUT2D eigenvalue weighted by molar-refractivity contribution is 5.42. The molecule has 0 aliphatic carbocycles. The highest BCUT2D eigenvalue weighted by Gasteiger charge is 2.15. The number of rotatable bonds is 7. The summed E-state index contributed by atoms with van der Waals surface area (Å²) >= 11 is 0. The summed E-state index contributed by atoms with van der Waals surface area (Å²) in [6.45, 7) is 1.19. The first-order valence-electron chi connectivity index (χ1n) is 5.85. The fourth-order valence-electron chi connectivity index (χ4n) is 1.75. The van der Waals surface area contributed by atoms with Crippen LogP contribution < -0.4 is 20.5 Å². The Bertz CT molecular complexity index is 413. The minimum Gasteiger partial charge on any atom is -0.497 e. The fourth-order valence-corrected chi connectivity index (χ4v) is 1.75. The smallest absolute Gasteiger partial charge is 0.123 e. The van der Waals surface area contributed by atoms with Gasteiger partial charge in [0.2, 0.25) is 0 Å². The van der Waals surface area contributed by atoms with E-state index >= 15 is 0 Å². The third-order valence-electron chi connectivity index (χ3n) is 2.71. The lowest BCUT2D eigenvalue weighted by molar-refractivity contribution is 0.390. The van der Waals surface area contributed by atoms with Crippen LogP contribution in [-0.2, 0) is 0 Å². The average Bonchev–Trinajstić information content (AvgIpc) is 2.43. The highest BCUT2D eigenvalue weighted by atomic mass is 16.5. The van der Waals surface area contributed by atoms with Gasteiger partial charge in [0, 0.05) is 31.1 Å². The van der Waals surface area contributed by atoms with Crippen molar-refractivity contribution >= 4 is 0 Å². The van der Waals surface area contributed by atoms with E-state index in [1.165, 1.54) is 0 Å². The Balaban J connectivity index is 2.91. The Labute approximate surface area is 108 Å². The molecule has 0 aromatic heterocycles. The van der Waals surface area contributed by atoms with Crippen LogP contribution in [0, 0.1) is 12.3 Å². The summed E-state index contributed by atoms with van der Waals surface area (Å²) in [6.07, 6.45) is 5.90. The van der Waals surface area contributed by atoms with Crippen LogP contribution in [0.2, 0.25) is 0 Å².